The molecule has 5 aromatic carbocycles. The first-order valence-electron chi connectivity index (χ1n) is 11.4. The van der Waals surface area contributed by atoms with Gasteiger partial charge in [-0.3, -0.25) is 0 Å². The van der Waals surface area contributed by atoms with Gasteiger partial charge in [-0.05, 0) is 31.9 Å². The van der Waals surface area contributed by atoms with Crippen LogP contribution in [0.25, 0.3) is 12.2 Å². The fourth-order valence-electron chi connectivity index (χ4n) is 4.67. The van der Waals surface area contributed by atoms with Crippen molar-refractivity contribution in [3.8, 4) is 0 Å². The van der Waals surface area contributed by atoms with Gasteiger partial charge in [-0.15, -0.1) is 0 Å². The van der Waals surface area contributed by atoms with E-state index in [1.54, 1.807) is 0 Å². The molecule has 158 valence electrons. The molecule has 5 aromatic rings. The Bertz CT molecular complexity index is 1210. The Balaban J connectivity index is 1.67. The lowest BCUT2D eigenvalue weighted by Crippen LogP contribution is -2.74. The van der Waals surface area contributed by atoms with Crippen molar-refractivity contribution in [1.29, 1.82) is 0 Å². The predicted molar refractivity (Wildman–Crippen MR) is 145 cm³/mol. The van der Waals surface area contributed by atoms with Crippen LogP contribution in [0.3, 0.4) is 0 Å². The Morgan fingerprint density at radius 2 is 0.606 bits per heavy atom. The second-order valence-corrected chi connectivity index (χ2v) is 12.0. The molecule has 0 N–H and O–H groups in total. The second-order valence-electron chi connectivity index (χ2n) is 8.21. The van der Waals surface area contributed by atoms with Gasteiger partial charge in [0.2, 0.25) is 0 Å². The minimum absolute atomic E-state index is 1.21. The van der Waals surface area contributed by atoms with Crippen LogP contribution in [0.1, 0.15) is 11.1 Å². The molecule has 0 bridgehead atoms. The summed E-state index contributed by atoms with van der Waals surface area (Å²) in [6.07, 6.45) is 4.36. The van der Waals surface area contributed by atoms with Crippen LogP contribution in [0.15, 0.2) is 146 Å². The highest BCUT2D eigenvalue weighted by Crippen LogP contribution is 2.12. The van der Waals surface area contributed by atoms with E-state index in [1.165, 1.54) is 31.9 Å². The Morgan fingerprint density at radius 1 is 0.303 bits per heavy atom. The maximum atomic E-state index is 2.34. The zero-order chi connectivity index (χ0) is 22.3. The highest BCUT2D eigenvalue weighted by molar-refractivity contribution is 7.19. The number of hydrogen-bond acceptors (Lipinski definition) is 0. The average molecular weight is 439 g/mol. The zero-order valence-electron chi connectivity index (χ0n) is 18.5. The van der Waals surface area contributed by atoms with Gasteiger partial charge in [0.05, 0.1) is 0 Å². The fraction of sp³-hybridized carbons (Fsp3) is 0. The number of rotatable bonds is 6. The minimum atomic E-state index is -2.43. The molecule has 0 unspecified atom stereocenters. The molecule has 0 aliphatic rings. The van der Waals surface area contributed by atoms with Gasteiger partial charge in [0.1, 0.15) is 0 Å². The van der Waals surface area contributed by atoms with Crippen molar-refractivity contribution in [2.75, 3.05) is 0 Å². The predicted octanol–water partition coefficient (Wildman–Crippen LogP) is 5.23. The number of benzene rings is 5. The van der Waals surface area contributed by atoms with Crippen LogP contribution >= 0.6 is 0 Å². The van der Waals surface area contributed by atoms with E-state index in [-0.39, 0.29) is 0 Å². The molecule has 0 aromatic heterocycles. The maximum Gasteiger partial charge on any atom is 0.179 e. The van der Waals surface area contributed by atoms with Crippen LogP contribution in [0.4, 0.5) is 0 Å². The summed E-state index contributed by atoms with van der Waals surface area (Å²) in [6.45, 7) is 0. The van der Waals surface area contributed by atoms with Crippen LogP contribution in [-0.4, -0.2) is 8.07 Å². The summed E-state index contributed by atoms with van der Waals surface area (Å²) >= 11 is 0. The normalized spacial score (nSPS) is 11.5. The van der Waals surface area contributed by atoms with Crippen LogP contribution in [0, 0.1) is 0 Å². The molecule has 0 spiro atoms. The maximum absolute atomic E-state index is 2.43. The highest BCUT2D eigenvalue weighted by Gasteiger charge is 2.41. The third-order valence-electron chi connectivity index (χ3n) is 6.23. The van der Waals surface area contributed by atoms with Gasteiger partial charge in [0.25, 0.3) is 0 Å². The molecule has 0 saturated heterocycles. The van der Waals surface area contributed by atoms with Gasteiger partial charge in [0.15, 0.2) is 8.07 Å². The molecule has 1 heteroatoms. The Kier molecular flexibility index (Phi) is 6.14. The molecular formula is C32H26Si. The molecule has 0 radical (unpaired) electrons. The summed E-state index contributed by atoms with van der Waals surface area (Å²) in [5, 5.41) is 5.59. The van der Waals surface area contributed by atoms with Crippen LogP contribution in [0.2, 0.25) is 0 Å². The summed E-state index contributed by atoms with van der Waals surface area (Å²) in [5.74, 6) is 0. The van der Waals surface area contributed by atoms with Crippen molar-refractivity contribution in [2.45, 2.75) is 0 Å². The summed E-state index contributed by atoms with van der Waals surface area (Å²) in [4.78, 5) is 0. The van der Waals surface area contributed by atoms with Crippen molar-refractivity contribution in [2.24, 2.45) is 0 Å². The van der Waals surface area contributed by atoms with Crippen molar-refractivity contribution in [1.82, 2.24) is 0 Å². The molecule has 0 nitrogen and oxygen atoms in total. The van der Waals surface area contributed by atoms with Crippen molar-refractivity contribution in [3.05, 3.63) is 157 Å². The first-order chi connectivity index (χ1) is 16.4. The van der Waals surface area contributed by atoms with Crippen LogP contribution in [-0.2, 0) is 0 Å². The lowest BCUT2D eigenvalue weighted by molar-refractivity contribution is 1.64. The van der Waals surface area contributed by atoms with Gasteiger partial charge in [0, 0.05) is 0 Å². The molecule has 0 fully saturated rings. The summed E-state index contributed by atoms with van der Waals surface area (Å²) in [7, 11) is -2.43. The molecule has 0 saturated carbocycles. The number of hydrogen-bond donors (Lipinski definition) is 0. The molecular weight excluding hydrogens is 412 g/mol. The smallest absolute Gasteiger partial charge is 0.0623 e. The topological polar surface area (TPSA) is 0 Å². The monoisotopic (exact) mass is 438 g/mol. The van der Waals surface area contributed by atoms with E-state index in [2.05, 4.69) is 152 Å². The van der Waals surface area contributed by atoms with E-state index in [1.807, 2.05) is 6.07 Å². The Hall–Kier alpha value is -3.94. The van der Waals surface area contributed by atoms with Crippen molar-refractivity contribution in [3.63, 3.8) is 0 Å². The lowest BCUT2D eigenvalue weighted by Gasteiger charge is -2.34. The standard InChI is InChI=1S/C32H26Si/c1-5-13-27(14-6-1)21-22-28-23-25-32(26-24-28)33(29-15-7-2-8-16-29,30-17-9-3-10-18-30)31-19-11-4-12-20-31/h1-26H/b22-21+. The first-order valence-corrected chi connectivity index (χ1v) is 13.4. The van der Waals surface area contributed by atoms with E-state index in [9.17, 15) is 0 Å². The van der Waals surface area contributed by atoms with Crippen LogP contribution < -0.4 is 20.7 Å². The van der Waals surface area contributed by atoms with Gasteiger partial charge < -0.3 is 0 Å². The van der Waals surface area contributed by atoms with Crippen LogP contribution in [0.5, 0.6) is 0 Å². The van der Waals surface area contributed by atoms with Gasteiger partial charge in [-0.25, -0.2) is 0 Å². The molecule has 33 heavy (non-hydrogen) atoms. The molecule has 0 aliphatic heterocycles. The Morgan fingerprint density at radius 3 is 1.00 bits per heavy atom. The molecule has 0 amide bonds. The summed E-state index contributed by atoms with van der Waals surface area (Å²) < 4.78 is 0. The SMILES string of the molecule is C(=C\c1ccc([Si](c2ccccc2)(c2ccccc2)c2ccccc2)cc1)/c1ccccc1. The fourth-order valence-corrected chi connectivity index (χ4v) is 9.41. The van der Waals surface area contributed by atoms with E-state index in [0.717, 1.165) is 0 Å². The molecule has 0 aliphatic carbocycles. The van der Waals surface area contributed by atoms with Gasteiger partial charge in [-0.2, -0.15) is 0 Å². The third-order valence-corrected chi connectivity index (χ3v) is 11.0. The van der Waals surface area contributed by atoms with Gasteiger partial charge in [-0.1, -0.05) is 158 Å². The average Bonchev–Trinajstić information content (AvgIpc) is 2.91. The van der Waals surface area contributed by atoms with E-state index >= 15 is 0 Å². The van der Waals surface area contributed by atoms with Gasteiger partial charge >= 0.3 is 0 Å². The lowest BCUT2D eigenvalue weighted by atomic mass is 10.1. The van der Waals surface area contributed by atoms with E-state index < -0.39 is 8.07 Å². The van der Waals surface area contributed by atoms with Crippen molar-refractivity contribution < 1.29 is 0 Å². The quantitative estimate of drug-likeness (QED) is 0.193. The zero-order valence-corrected chi connectivity index (χ0v) is 19.5. The molecule has 5 rings (SSSR count). The first kappa shape index (κ1) is 20.9. The minimum Gasteiger partial charge on any atom is -0.0623 e. The largest absolute Gasteiger partial charge is 0.179 e. The Labute approximate surface area is 197 Å². The highest BCUT2D eigenvalue weighted by atomic mass is 28.3. The summed E-state index contributed by atoms with van der Waals surface area (Å²) in [5.41, 5.74) is 2.42. The molecule has 0 atom stereocenters. The second kappa shape index (κ2) is 9.68. The third kappa shape index (κ3) is 4.24. The summed E-state index contributed by atoms with van der Waals surface area (Å²) in [6, 6.07) is 52.8. The van der Waals surface area contributed by atoms with E-state index in [4.69, 9.17) is 0 Å². The molecule has 0 heterocycles. The van der Waals surface area contributed by atoms with E-state index in [0.29, 0.717) is 0 Å². The van der Waals surface area contributed by atoms with Crippen molar-refractivity contribution >= 4 is 41.0 Å².